The third-order valence-corrected chi connectivity index (χ3v) is 8.77. The van der Waals surface area contributed by atoms with Gasteiger partial charge >= 0.3 is 11.9 Å². The Hall–Kier alpha value is -1.86. The van der Waals surface area contributed by atoms with E-state index in [1.54, 1.807) is 0 Å². The van der Waals surface area contributed by atoms with Crippen molar-refractivity contribution in [2.24, 2.45) is 20.5 Å². The fourth-order valence-corrected chi connectivity index (χ4v) is 5.77. The number of nitrogens with zero attached hydrogens (tertiary/aromatic N) is 4. The van der Waals surface area contributed by atoms with Gasteiger partial charge in [-0.25, -0.2) is 0 Å². The highest BCUT2D eigenvalue weighted by Crippen LogP contribution is 2.39. The van der Waals surface area contributed by atoms with Crippen LogP contribution in [0.25, 0.3) is 0 Å². The molecule has 2 aliphatic heterocycles. The summed E-state index contributed by atoms with van der Waals surface area (Å²) in [5, 5.41) is 17.2. The molecule has 2 heterocycles. The van der Waals surface area contributed by atoms with Crippen LogP contribution >= 0.6 is 0 Å². The van der Waals surface area contributed by atoms with Crippen molar-refractivity contribution < 1.29 is 19.1 Å². The van der Waals surface area contributed by atoms with Crippen LogP contribution in [0.3, 0.4) is 0 Å². The van der Waals surface area contributed by atoms with Gasteiger partial charge in [0.2, 0.25) is 0 Å². The molecule has 0 N–H and O–H groups in total. The molecule has 0 saturated heterocycles. The minimum Gasteiger partial charge on any atom is -0.462 e. The van der Waals surface area contributed by atoms with Crippen LogP contribution in [0.1, 0.15) is 181 Å². The number of rotatable bonds is 31. The molecule has 43 heavy (non-hydrogen) atoms. The molecular formula is C35H63N4O4. The quantitative estimate of drug-likeness (QED) is 0.0581. The van der Waals surface area contributed by atoms with Crippen molar-refractivity contribution in [2.75, 3.05) is 6.61 Å². The van der Waals surface area contributed by atoms with E-state index in [0.29, 0.717) is 12.8 Å². The SMILES string of the molecule is [CH2]C(COC(=O)CCCCC1(CCCCCCCCCC)N=N1)OC(=O)CCCCC1(CCCCCCCCCC)N=N1. The third-order valence-electron chi connectivity index (χ3n) is 8.77. The molecule has 0 bridgehead atoms. The second-order valence-electron chi connectivity index (χ2n) is 13.0. The highest BCUT2D eigenvalue weighted by Gasteiger charge is 2.39. The predicted molar refractivity (Wildman–Crippen MR) is 173 cm³/mol. The van der Waals surface area contributed by atoms with Crippen molar-refractivity contribution in [1.29, 1.82) is 0 Å². The summed E-state index contributed by atoms with van der Waals surface area (Å²) < 4.78 is 10.6. The van der Waals surface area contributed by atoms with Crippen molar-refractivity contribution in [2.45, 2.75) is 198 Å². The minimum absolute atomic E-state index is 0.00288. The molecule has 0 aromatic carbocycles. The molecule has 8 heteroatoms. The molecular weight excluding hydrogens is 540 g/mol. The summed E-state index contributed by atoms with van der Waals surface area (Å²) in [6.07, 6.45) is 28.1. The van der Waals surface area contributed by atoms with E-state index in [1.165, 1.54) is 103 Å². The van der Waals surface area contributed by atoms with Crippen LogP contribution in [0.4, 0.5) is 0 Å². The first-order valence-corrected chi connectivity index (χ1v) is 18.0. The molecule has 0 fully saturated rings. The lowest BCUT2D eigenvalue weighted by molar-refractivity contribution is -0.156. The van der Waals surface area contributed by atoms with Crippen LogP contribution in [0.2, 0.25) is 0 Å². The van der Waals surface area contributed by atoms with E-state index in [1.807, 2.05) is 0 Å². The van der Waals surface area contributed by atoms with E-state index in [9.17, 15) is 9.59 Å². The molecule has 1 unspecified atom stereocenters. The van der Waals surface area contributed by atoms with Crippen LogP contribution in [0, 0.1) is 6.92 Å². The minimum atomic E-state index is -0.683. The van der Waals surface area contributed by atoms with Crippen LogP contribution in [0.15, 0.2) is 20.5 Å². The van der Waals surface area contributed by atoms with Gasteiger partial charge < -0.3 is 9.47 Å². The number of hydrogen-bond donors (Lipinski definition) is 0. The summed E-state index contributed by atoms with van der Waals surface area (Å²) in [5.41, 5.74) is -0.347. The molecule has 8 nitrogen and oxygen atoms in total. The topological polar surface area (TPSA) is 102 Å². The fourth-order valence-electron chi connectivity index (χ4n) is 5.77. The summed E-state index contributed by atoms with van der Waals surface area (Å²) in [4.78, 5) is 24.3. The van der Waals surface area contributed by atoms with Crippen LogP contribution in [-0.4, -0.2) is 36.0 Å². The molecule has 2 aliphatic rings. The van der Waals surface area contributed by atoms with Crippen LogP contribution in [0.5, 0.6) is 0 Å². The normalized spacial score (nSPS) is 16.3. The number of carbonyl (C=O) groups excluding carboxylic acids is 2. The van der Waals surface area contributed by atoms with Gasteiger partial charge in [0.1, 0.15) is 12.7 Å². The van der Waals surface area contributed by atoms with Gasteiger partial charge in [-0.1, -0.05) is 104 Å². The van der Waals surface area contributed by atoms with E-state index in [4.69, 9.17) is 9.47 Å². The Kier molecular flexibility index (Phi) is 19.6. The van der Waals surface area contributed by atoms with Gasteiger partial charge in [-0.15, -0.1) is 0 Å². The number of carbonyl (C=O) groups is 2. The second-order valence-corrected chi connectivity index (χ2v) is 13.0. The fraction of sp³-hybridized carbons (Fsp3) is 0.914. The highest BCUT2D eigenvalue weighted by atomic mass is 16.6. The molecule has 0 aromatic heterocycles. The maximum Gasteiger partial charge on any atom is 0.306 e. The first kappa shape index (κ1) is 37.3. The Bertz CT molecular complexity index is 804. The Morgan fingerprint density at radius 3 is 1.28 bits per heavy atom. The standard InChI is InChI=1S/C35H63N4O4/c1-4-6-8-10-12-14-16-20-26-34(36-37-34)28-22-18-24-32(40)42-30-31(3)43-33(41)25-19-23-29-35(38-39-35)27-21-17-15-13-11-9-7-5-2/h31H,3-30H2,1-2H3. The van der Waals surface area contributed by atoms with Gasteiger partial charge in [0.15, 0.2) is 11.3 Å². The van der Waals surface area contributed by atoms with Crippen molar-refractivity contribution in [3.8, 4) is 0 Å². The highest BCUT2D eigenvalue weighted by molar-refractivity contribution is 5.70. The molecule has 0 amide bonds. The number of ether oxygens (including phenoxy) is 2. The predicted octanol–water partition coefficient (Wildman–Crippen LogP) is 10.8. The zero-order valence-corrected chi connectivity index (χ0v) is 27.8. The van der Waals surface area contributed by atoms with E-state index in [2.05, 4.69) is 41.2 Å². The monoisotopic (exact) mass is 603 g/mol. The van der Waals surface area contributed by atoms with Gasteiger partial charge in [-0.2, -0.15) is 20.5 Å². The average molecular weight is 604 g/mol. The second kappa shape index (κ2) is 22.6. The van der Waals surface area contributed by atoms with E-state index in [0.717, 1.165) is 51.4 Å². The summed E-state index contributed by atoms with van der Waals surface area (Å²) >= 11 is 0. The molecule has 2 rings (SSSR count). The van der Waals surface area contributed by atoms with E-state index < -0.39 is 6.10 Å². The maximum atomic E-state index is 12.2. The Morgan fingerprint density at radius 2 is 0.884 bits per heavy atom. The lowest BCUT2D eigenvalue weighted by Crippen LogP contribution is -2.22. The maximum absolute atomic E-state index is 12.2. The molecule has 0 spiro atoms. The van der Waals surface area contributed by atoms with Crippen molar-refractivity contribution >= 4 is 11.9 Å². The summed E-state index contributed by atoms with van der Waals surface area (Å²) in [7, 11) is 0. The first-order valence-electron chi connectivity index (χ1n) is 18.0. The van der Waals surface area contributed by atoms with Crippen LogP contribution in [-0.2, 0) is 19.1 Å². The van der Waals surface area contributed by atoms with Crippen molar-refractivity contribution in [1.82, 2.24) is 0 Å². The van der Waals surface area contributed by atoms with Crippen molar-refractivity contribution in [3.63, 3.8) is 0 Å². The van der Waals surface area contributed by atoms with Gasteiger partial charge in [0, 0.05) is 12.8 Å². The molecule has 1 atom stereocenters. The van der Waals surface area contributed by atoms with Crippen LogP contribution < -0.4 is 0 Å². The lowest BCUT2D eigenvalue weighted by Gasteiger charge is -2.14. The summed E-state index contributed by atoms with van der Waals surface area (Å²) in [5.74, 6) is -0.568. The van der Waals surface area contributed by atoms with E-state index >= 15 is 0 Å². The first-order chi connectivity index (χ1) is 20.9. The molecule has 247 valence electrons. The Balaban J connectivity index is 1.39. The number of hydrogen-bond acceptors (Lipinski definition) is 8. The largest absolute Gasteiger partial charge is 0.462 e. The van der Waals surface area contributed by atoms with Crippen molar-refractivity contribution in [3.05, 3.63) is 6.92 Å². The molecule has 0 saturated carbocycles. The van der Waals surface area contributed by atoms with Gasteiger partial charge in [-0.05, 0) is 71.1 Å². The zero-order valence-electron chi connectivity index (χ0n) is 27.8. The average Bonchev–Trinajstić information content (AvgIpc) is 3.93. The Labute approximate surface area is 263 Å². The lowest BCUT2D eigenvalue weighted by atomic mass is 9.98. The van der Waals surface area contributed by atoms with E-state index in [-0.39, 0.29) is 29.9 Å². The molecule has 1 radical (unpaired) electrons. The molecule has 0 aliphatic carbocycles. The molecule has 0 aromatic rings. The Morgan fingerprint density at radius 1 is 0.535 bits per heavy atom. The van der Waals surface area contributed by atoms with Gasteiger partial charge in [0.05, 0.1) is 0 Å². The number of esters is 2. The van der Waals surface area contributed by atoms with Gasteiger partial charge in [-0.3, -0.25) is 9.59 Å². The number of unbranched alkanes of at least 4 members (excludes halogenated alkanes) is 16. The van der Waals surface area contributed by atoms with Gasteiger partial charge in [0.25, 0.3) is 0 Å². The third kappa shape index (κ3) is 19.2. The summed E-state index contributed by atoms with van der Waals surface area (Å²) in [6, 6.07) is 0. The smallest absolute Gasteiger partial charge is 0.306 e. The zero-order chi connectivity index (χ0) is 31.1. The summed E-state index contributed by atoms with van der Waals surface area (Å²) in [6.45, 7) is 8.32.